The van der Waals surface area contributed by atoms with Crippen molar-refractivity contribution >= 4 is 5.97 Å². The minimum Gasteiger partial charge on any atom is -0.464 e. The number of alkyl halides is 6. The largest absolute Gasteiger partial charge is 0.464 e. The average Bonchev–Trinajstić information content (AvgIpc) is 3.54. The van der Waals surface area contributed by atoms with Crippen molar-refractivity contribution in [3.63, 3.8) is 0 Å². The van der Waals surface area contributed by atoms with Gasteiger partial charge in [0.05, 0.1) is 48.6 Å². The number of carbonyl (C=O) groups is 1. The Balaban J connectivity index is 1.66. The molecule has 0 saturated carbocycles. The van der Waals surface area contributed by atoms with Crippen LogP contribution in [0.4, 0.5) is 26.3 Å². The van der Waals surface area contributed by atoms with Crippen LogP contribution in [0.25, 0.3) is 0 Å². The smallest absolute Gasteiger partial charge is 0.416 e. The van der Waals surface area contributed by atoms with Crippen molar-refractivity contribution in [3.05, 3.63) is 119 Å². The third-order valence-electron chi connectivity index (χ3n) is 8.47. The highest BCUT2D eigenvalue weighted by atomic mass is 19.4. The molecule has 0 N–H and O–H groups in total. The maximum absolute atomic E-state index is 13.7. The van der Waals surface area contributed by atoms with E-state index in [0.717, 1.165) is 11.1 Å². The molecule has 5 rings (SSSR count). The number of rotatable bonds is 8. The zero-order valence-electron chi connectivity index (χ0n) is 25.0. The number of hydrogen-bond acceptors (Lipinski definition) is 6. The molecular formula is C33H31F6N3O4. The number of esters is 1. The molecule has 13 heteroatoms. The Labute approximate surface area is 261 Å². The fourth-order valence-electron chi connectivity index (χ4n) is 6.23. The topological polar surface area (TPSA) is 75.5 Å². The Morgan fingerprint density at radius 1 is 0.913 bits per heavy atom. The number of ether oxygens (including phenoxy) is 3. The molecule has 7 nitrogen and oxygen atoms in total. The summed E-state index contributed by atoms with van der Waals surface area (Å²) >= 11 is 0. The molecule has 1 aromatic heterocycles. The lowest BCUT2D eigenvalue weighted by Crippen LogP contribution is -2.55. The van der Waals surface area contributed by atoms with Crippen LogP contribution in [0.5, 0.6) is 0 Å². The molecule has 0 amide bonds. The highest BCUT2D eigenvalue weighted by molar-refractivity contribution is 5.86. The van der Waals surface area contributed by atoms with E-state index < -0.39 is 53.3 Å². The van der Waals surface area contributed by atoms with E-state index in [2.05, 4.69) is 10.3 Å². The molecule has 244 valence electrons. The molecule has 0 unspecified atom stereocenters. The summed E-state index contributed by atoms with van der Waals surface area (Å²) in [6, 6.07) is 19.4. The number of methoxy groups -OCH3 is 1. The molecule has 4 aromatic rings. The molecule has 4 atom stereocenters. The van der Waals surface area contributed by atoms with Gasteiger partial charge in [-0.1, -0.05) is 65.9 Å². The molecular weight excluding hydrogens is 616 g/mol. The van der Waals surface area contributed by atoms with Crippen molar-refractivity contribution in [3.8, 4) is 0 Å². The van der Waals surface area contributed by atoms with Crippen LogP contribution >= 0.6 is 0 Å². The van der Waals surface area contributed by atoms with E-state index in [4.69, 9.17) is 14.2 Å². The van der Waals surface area contributed by atoms with Crippen LogP contribution in [-0.4, -0.2) is 41.0 Å². The van der Waals surface area contributed by atoms with Crippen LogP contribution < -0.4 is 0 Å². The normalized spacial score (nSPS) is 19.8. The van der Waals surface area contributed by atoms with Crippen LogP contribution in [0.3, 0.4) is 0 Å². The molecule has 1 aliphatic heterocycles. The van der Waals surface area contributed by atoms with Crippen molar-refractivity contribution in [2.24, 2.45) is 5.92 Å². The molecule has 0 bridgehead atoms. The lowest BCUT2D eigenvalue weighted by atomic mass is 9.61. The first-order chi connectivity index (χ1) is 21.8. The monoisotopic (exact) mass is 647 g/mol. The van der Waals surface area contributed by atoms with Gasteiger partial charge in [0.25, 0.3) is 0 Å². The Hall–Kier alpha value is -4.23. The number of carbonyl (C=O) groups excluding carboxylic acids is 1. The maximum atomic E-state index is 13.7. The maximum Gasteiger partial charge on any atom is 0.416 e. The van der Waals surface area contributed by atoms with Crippen LogP contribution in [0, 0.1) is 5.92 Å². The fourth-order valence-corrected chi connectivity index (χ4v) is 6.23. The van der Waals surface area contributed by atoms with Crippen LogP contribution in [0.1, 0.15) is 70.7 Å². The van der Waals surface area contributed by atoms with Gasteiger partial charge in [0, 0.05) is 5.92 Å². The molecule has 0 aliphatic carbocycles. The minimum atomic E-state index is -5.02. The van der Waals surface area contributed by atoms with Gasteiger partial charge < -0.3 is 14.2 Å². The first-order valence-electron chi connectivity index (χ1n) is 14.4. The van der Waals surface area contributed by atoms with Gasteiger partial charge in [-0.25, -0.2) is 9.48 Å². The third kappa shape index (κ3) is 6.38. The Morgan fingerprint density at radius 3 is 1.96 bits per heavy atom. The first-order valence-corrected chi connectivity index (χ1v) is 14.4. The predicted molar refractivity (Wildman–Crippen MR) is 154 cm³/mol. The Bertz CT molecular complexity index is 1570. The highest BCUT2D eigenvalue weighted by Crippen LogP contribution is 2.53. The summed E-state index contributed by atoms with van der Waals surface area (Å²) in [5, 5.41) is 8.13. The van der Waals surface area contributed by atoms with E-state index >= 15 is 0 Å². The Kier molecular flexibility index (Phi) is 9.28. The second kappa shape index (κ2) is 12.9. The number of benzene rings is 3. The van der Waals surface area contributed by atoms with Gasteiger partial charge in [-0.05, 0) is 55.2 Å². The van der Waals surface area contributed by atoms with E-state index in [-0.39, 0.29) is 29.8 Å². The SMILES string of the molecule is COC(=O)c1cn([C@H](C)[C@@H]2CCO[C@H](O[C@H](C)c3cc(C(F)(F)F)cc(C(F)(F)F)c3)C2(c2ccccc2)c2ccccc2)nn1. The molecule has 1 saturated heterocycles. The van der Waals surface area contributed by atoms with Crippen LogP contribution in [-0.2, 0) is 32.0 Å². The summed E-state index contributed by atoms with van der Waals surface area (Å²) < 4.78 is 101. The van der Waals surface area contributed by atoms with Crippen molar-refractivity contribution in [1.29, 1.82) is 0 Å². The summed E-state index contributed by atoms with van der Waals surface area (Å²) in [5.74, 6) is -1.06. The van der Waals surface area contributed by atoms with Gasteiger partial charge in [0.1, 0.15) is 0 Å². The van der Waals surface area contributed by atoms with E-state index in [1.807, 2.05) is 67.6 Å². The van der Waals surface area contributed by atoms with Crippen molar-refractivity contribution < 1.29 is 45.3 Å². The zero-order chi connectivity index (χ0) is 33.3. The quantitative estimate of drug-likeness (QED) is 0.144. The van der Waals surface area contributed by atoms with Gasteiger partial charge in [-0.15, -0.1) is 5.10 Å². The number of hydrogen-bond donors (Lipinski definition) is 0. The second-order valence-electron chi connectivity index (χ2n) is 11.1. The second-order valence-corrected chi connectivity index (χ2v) is 11.1. The van der Waals surface area contributed by atoms with Gasteiger partial charge in [-0.3, -0.25) is 0 Å². The number of aromatic nitrogens is 3. The summed E-state index contributed by atoms with van der Waals surface area (Å²) in [6.07, 6.45) is -10.6. The highest BCUT2D eigenvalue weighted by Gasteiger charge is 2.55. The summed E-state index contributed by atoms with van der Waals surface area (Å²) in [7, 11) is 1.23. The minimum absolute atomic E-state index is 0.00197. The first kappa shape index (κ1) is 33.1. The molecule has 0 spiro atoms. The van der Waals surface area contributed by atoms with Gasteiger partial charge >= 0.3 is 18.3 Å². The van der Waals surface area contributed by atoms with Gasteiger partial charge in [-0.2, -0.15) is 26.3 Å². The summed E-state index contributed by atoms with van der Waals surface area (Å²) in [6.45, 7) is 3.44. The average molecular weight is 648 g/mol. The summed E-state index contributed by atoms with van der Waals surface area (Å²) in [5.41, 5.74) is -2.86. The van der Waals surface area contributed by atoms with E-state index in [1.165, 1.54) is 24.9 Å². The molecule has 1 fully saturated rings. The standard InChI is InChI=1S/C33H31F6N3O4/c1-20(42-19-28(40-41-42)29(43)44-3)27-14-15-45-30(31(27,23-10-6-4-7-11-23)24-12-8-5-9-13-24)46-21(2)22-16-25(32(34,35)36)18-26(17-22)33(37,38)39/h4-13,16-21,27,30H,14-15H2,1-3H3/t20-,21-,27+,30-/m1/s1. The fraction of sp³-hybridized carbons (Fsp3) is 0.364. The molecule has 3 aromatic carbocycles. The van der Waals surface area contributed by atoms with Crippen LogP contribution in [0.2, 0.25) is 0 Å². The molecule has 1 aliphatic rings. The number of halogens is 6. The van der Waals surface area contributed by atoms with Gasteiger partial charge in [0.2, 0.25) is 0 Å². The number of nitrogens with zero attached hydrogens (tertiary/aromatic N) is 3. The van der Waals surface area contributed by atoms with E-state index in [1.54, 1.807) is 0 Å². The predicted octanol–water partition coefficient (Wildman–Crippen LogP) is 7.79. The van der Waals surface area contributed by atoms with Crippen molar-refractivity contribution in [1.82, 2.24) is 15.0 Å². The molecule has 0 radical (unpaired) electrons. The lowest BCUT2D eigenvalue weighted by molar-refractivity contribution is -0.235. The van der Waals surface area contributed by atoms with E-state index in [9.17, 15) is 31.1 Å². The third-order valence-corrected chi connectivity index (χ3v) is 8.47. The van der Waals surface area contributed by atoms with Crippen LogP contribution in [0.15, 0.2) is 85.1 Å². The molecule has 2 heterocycles. The zero-order valence-corrected chi connectivity index (χ0v) is 25.0. The molecule has 46 heavy (non-hydrogen) atoms. The Morgan fingerprint density at radius 2 is 1.46 bits per heavy atom. The van der Waals surface area contributed by atoms with Crippen molar-refractivity contribution in [2.45, 2.75) is 56.5 Å². The van der Waals surface area contributed by atoms with E-state index in [0.29, 0.717) is 18.6 Å². The lowest BCUT2D eigenvalue weighted by Gasteiger charge is -2.52. The van der Waals surface area contributed by atoms with Gasteiger partial charge in [0.15, 0.2) is 12.0 Å². The van der Waals surface area contributed by atoms with Crippen molar-refractivity contribution in [2.75, 3.05) is 13.7 Å². The summed E-state index contributed by atoms with van der Waals surface area (Å²) in [4.78, 5) is 12.2.